The van der Waals surface area contributed by atoms with Crippen LogP contribution < -0.4 is 5.73 Å². The van der Waals surface area contributed by atoms with Crippen LogP contribution in [0.15, 0.2) is 34.1 Å². The number of anilines is 1. The molecule has 0 amide bonds. The molecule has 0 saturated heterocycles. The van der Waals surface area contributed by atoms with Crippen LogP contribution >= 0.6 is 27.3 Å². The van der Waals surface area contributed by atoms with Crippen molar-refractivity contribution in [3.63, 3.8) is 0 Å². The Hall–Kier alpha value is -1.13. The molecule has 0 fully saturated rings. The molecule has 2 nitrogen and oxygen atoms in total. The molecule has 2 aromatic rings. The zero-order valence-corrected chi connectivity index (χ0v) is 11.1. The number of benzene rings is 1. The first kappa shape index (κ1) is 11.4. The molecule has 0 aliphatic rings. The minimum absolute atomic E-state index is 0.0201. The fourth-order valence-electron chi connectivity index (χ4n) is 1.48. The van der Waals surface area contributed by atoms with Gasteiger partial charge in [-0.15, -0.1) is 11.3 Å². The Labute approximate surface area is 106 Å². The summed E-state index contributed by atoms with van der Waals surface area (Å²) < 4.78 is 0.837. The lowest BCUT2D eigenvalue weighted by molar-refractivity contribution is 0.104. The third-order valence-corrected chi connectivity index (χ3v) is 4.28. The molecular weight excluding hydrogens is 286 g/mol. The van der Waals surface area contributed by atoms with Crippen molar-refractivity contribution in [3.8, 4) is 0 Å². The van der Waals surface area contributed by atoms with E-state index < -0.39 is 0 Å². The van der Waals surface area contributed by atoms with Crippen LogP contribution in [0.5, 0.6) is 0 Å². The first-order valence-electron chi connectivity index (χ1n) is 4.74. The van der Waals surface area contributed by atoms with Crippen molar-refractivity contribution in [2.75, 3.05) is 5.73 Å². The maximum Gasteiger partial charge on any atom is 0.204 e. The third-order valence-electron chi connectivity index (χ3n) is 2.44. The highest BCUT2D eigenvalue weighted by molar-refractivity contribution is 9.10. The standard InChI is InChI=1S/C12H10BrNOS/c1-7-8(3-2-4-10(7)14)11(15)12-9(13)5-6-16-12/h2-6H,14H2,1H3. The second-order valence-corrected chi connectivity index (χ2v) is 5.22. The molecule has 0 radical (unpaired) electrons. The van der Waals surface area contributed by atoms with Gasteiger partial charge in [-0.1, -0.05) is 12.1 Å². The molecule has 4 heteroatoms. The van der Waals surface area contributed by atoms with Gasteiger partial charge in [-0.25, -0.2) is 0 Å². The van der Waals surface area contributed by atoms with Crippen molar-refractivity contribution in [1.82, 2.24) is 0 Å². The summed E-state index contributed by atoms with van der Waals surface area (Å²) in [6.07, 6.45) is 0. The largest absolute Gasteiger partial charge is 0.398 e. The topological polar surface area (TPSA) is 43.1 Å². The SMILES string of the molecule is Cc1c(N)cccc1C(=O)c1sccc1Br. The Balaban J connectivity index is 2.50. The Morgan fingerprint density at radius 1 is 1.38 bits per heavy atom. The summed E-state index contributed by atoms with van der Waals surface area (Å²) >= 11 is 4.80. The fraction of sp³-hybridized carbons (Fsp3) is 0.0833. The maximum absolute atomic E-state index is 12.2. The average molecular weight is 296 g/mol. The summed E-state index contributed by atoms with van der Waals surface area (Å²) in [6, 6.07) is 7.28. The van der Waals surface area contributed by atoms with Crippen molar-refractivity contribution in [3.05, 3.63) is 50.1 Å². The van der Waals surface area contributed by atoms with E-state index in [1.165, 1.54) is 11.3 Å². The second-order valence-electron chi connectivity index (χ2n) is 3.45. The van der Waals surface area contributed by atoms with Crippen LogP contribution in [0.1, 0.15) is 20.8 Å². The molecule has 0 bridgehead atoms. The molecular formula is C12H10BrNOS. The average Bonchev–Trinajstić information content (AvgIpc) is 2.68. The van der Waals surface area contributed by atoms with Gasteiger partial charge >= 0.3 is 0 Å². The van der Waals surface area contributed by atoms with E-state index in [1.54, 1.807) is 18.2 Å². The van der Waals surface area contributed by atoms with E-state index in [0.717, 1.165) is 10.0 Å². The Bertz CT molecular complexity index is 548. The first-order valence-corrected chi connectivity index (χ1v) is 6.41. The van der Waals surface area contributed by atoms with Gasteiger partial charge in [0.15, 0.2) is 0 Å². The van der Waals surface area contributed by atoms with Crippen LogP contribution in [0.4, 0.5) is 5.69 Å². The lowest BCUT2D eigenvalue weighted by Gasteiger charge is -2.06. The third kappa shape index (κ3) is 1.90. The fourth-order valence-corrected chi connectivity index (χ4v) is 2.98. The van der Waals surface area contributed by atoms with Crippen molar-refractivity contribution in [2.24, 2.45) is 0 Å². The number of nitrogen functional groups attached to an aromatic ring is 1. The molecule has 0 aliphatic carbocycles. The molecule has 0 saturated carbocycles. The second kappa shape index (κ2) is 4.39. The number of carbonyl (C=O) groups excluding carboxylic acids is 1. The van der Waals surface area contributed by atoms with Crippen molar-refractivity contribution < 1.29 is 4.79 Å². The van der Waals surface area contributed by atoms with Gasteiger partial charge in [0.25, 0.3) is 0 Å². The predicted molar refractivity (Wildman–Crippen MR) is 71.0 cm³/mol. The molecule has 2 N–H and O–H groups in total. The monoisotopic (exact) mass is 295 g/mol. The maximum atomic E-state index is 12.2. The van der Waals surface area contributed by atoms with E-state index in [1.807, 2.05) is 18.4 Å². The van der Waals surface area contributed by atoms with E-state index in [-0.39, 0.29) is 5.78 Å². The van der Waals surface area contributed by atoms with Crippen molar-refractivity contribution >= 4 is 38.7 Å². The lowest BCUT2D eigenvalue weighted by atomic mass is 10.0. The molecule has 16 heavy (non-hydrogen) atoms. The highest BCUT2D eigenvalue weighted by atomic mass is 79.9. The number of hydrogen-bond acceptors (Lipinski definition) is 3. The van der Waals surface area contributed by atoms with Gasteiger partial charge in [-0.05, 0) is 45.9 Å². The number of carbonyl (C=O) groups is 1. The summed E-state index contributed by atoms with van der Waals surface area (Å²) in [5.74, 6) is 0.0201. The number of nitrogens with two attached hydrogens (primary N) is 1. The van der Waals surface area contributed by atoms with Crippen LogP contribution in [0.3, 0.4) is 0 Å². The molecule has 1 aromatic heterocycles. The van der Waals surface area contributed by atoms with Crippen LogP contribution in [0.25, 0.3) is 0 Å². The smallest absolute Gasteiger partial charge is 0.204 e. The first-order chi connectivity index (χ1) is 7.61. The van der Waals surface area contributed by atoms with Gasteiger partial charge in [-0.3, -0.25) is 4.79 Å². The quantitative estimate of drug-likeness (QED) is 0.679. The van der Waals surface area contributed by atoms with Crippen LogP contribution in [-0.2, 0) is 0 Å². The summed E-state index contributed by atoms with van der Waals surface area (Å²) in [4.78, 5) is 12.9. The van der Waals surface area contributed by atoms with Gasteiger partial charge in [0.05, 0.1) is 4.88 Å². The summed E-state index contributed by atoms with van der Waals surface area (Å²) in [5, 5.41) is 1.89. The molecule has 0 spiro atoms. The van der Waals surface area contributed by atoms with Gasteiger partial charge in [0.2, 0.25) is 5.78 Å². The van der Waals surface area contributed by atoms with Crippen molar-refractivity contribution in [2.45, 2.75) is 6.92 Å². The summed E-state index contributed by atoms with van der Waals surface area (Å²) in [6.45, 7) is 1.87. The number of ketones is 1. The van der Waals surface area contributed by atoms with E-state index >= 15 is 0 Å². The molecule has 0 atom stereocenters. The van der Waals surface area contributed by atoms with Gasteiger partial charge < -0.3 is 5.73 Å². The summed E-state index contributed by atoms with van der Waals surface area (Å²) in [7, 11) is 0. The van der Waals surface area contributed by atoms with Gasteiger partial charge in [0.1, 0.15) is 0 Å². The van der Waals surface area contributed by atoms with E-state index in [0.29, 0.717) is 16.1 Å². The minimum atomic E-state index is 0.0201. The van der Waals surface area contributed by atoms with Crippen LogP contribution in [-0.4, -0.2) is 5.78 Å². The Morgan fingerprint density at radius 2 is 2.12 bits per heavy atom. The molecule has 2 rings (SSSR count). The van der Waals surface area contributed by atoms with Gasteiger partial charge in [-0.2, -0.15) is 0 Å². The number of thiophene rings is 1. The predicted octanol–water partition coefficient (Wildman–Crippen LogP) is 3.63. The Morgan fingerprint density at radius 3 is 2.75 bits per heavy atom. The molecule has 1 heterocycles. The van der Waals surface area contributed by atoms with Crippen molar-refractivity contribution in [1.29, 1.82) is 0 Å². The number of rotatable bonds is 2. The molecule has 0 aliphatic heterocycles. The normalized spacial score (nSPS) is 10.4. The zero-order chi connectivity index (χ0) is 11.7. The number of halogens is 1. The van der Waals surface area contributed by atoms with E-state index in [4.69, 9.17) is 5.73 Å². The van der Waals surface area contributed by atoms with Crippen LogP contribution in [0.2, 0.25) is 0 Å². The molecule has 82 valence electrons. The molecule has 1 aromatic carbocycles. The van der Waals surface area contributed by atoms with E-state index in [9.17, 15) is 4.79 Å². The Kier molecular flexibility index (Phi) is 3.12. The highest BCUT2D eigenvalue weighted by Crippen LogP contribution is 2.27. The van der Waals surface area contributed by atoms with Gasteiger partial charge in [0, 0.05) is 15.7 Å². The minimum Gasteiger partial charge on any atom is -0.398 e. The number of hydrogen-bond donors (Lipinski definition) is 1. The van der Waals surface area contributed by atoms with Crippen LogP contribution in [0, 0.1) is 6.92 Å². The molecule has 0 unspecified atom stereocenters. The van der Waals surface area contributed by atoms with E-state index in [2.05, 4.69) is 15.9 Å². The summed E-state index contributed by atoms with van der Waals surface area (Å²) in [5.41, 5.74) is 7.95. The zero-order valence-electron chi connectivity index (χ0n) is 8.66. The lowest BCUT2D eigenvalue weighted by Crippen LogP contribution is -2.04. The highest BCUT2D eigenvalue weighted by Gasteiger charge is 2.16.